The Balaban J connectivity index is 2.83. The number of nitrogens with zero attached hydrogens (tertiary/aromatic N) is 2. The molecule has 1 atom stereocenters. The number of carbonyl (C=O) groups excluding carboxylic acids is 1. The minimum Gasteiger partial charge on any atom is -0.481 e. The molecule has 1 aliphatic rings. The van der Waals surface area contributed by atoms with Gasteiger partial charge in [0, 0.05) is 27.2 Å². The van der Waals surface area contributed by atoms with E-state index >= 15 is 0 Å². The van der Waals surface area contributed by atoms with Crippen molar-refractivity contribution < 1.29 is 14.7 Å². The van der Waals surface area contributed by atoms with Gasteiger partial charge in [-0.2, -0.15) is 0 Å². The van der Waals surface area contributed by atoms with Gasteiger partial charge in [0.15, 0.2) is 0 Å². The zero-order valence-corrected chi connectivity index (χ0v) is 10.4. The van der Waals surface area contributed by atoms with Crippen molar-refractivity contribution in [2.75, 3.05) is 27.2 Å². The molecular weight excluding hydrogens is 208 g/mol. The highest BCUT2D eigenvalue weighted by atomic mass is 16.4. The van der Waals surface area contributed by atoms with Gasteiger partial charge in [0.05, 0.1) is 5.41 Å². The SMILES string of the molecule is CC(C)C1(C(=O)O)CCN(C(=O)N(C)C)C1. The van der Waals surface area contributed by atoms with Crippen molar-refractivity contribution in [3.05, 3.63) is 0 Å². The molecule has 1 fully saturated rings. The lowest BCUT2D eigenvalue weighted by atomic mass is 9.76. The van der Waals surface area contributed by atoms with Crippen LogP contribution in [-0.4, -0.2) is 54.1 Å². The Hall–Kier alpha value is -1.26. The number of carboxylic acid groups (broad SMARTS) is 1. The molecule has 1 heterocycles. The van der Waals surface area contributed by atoms with Crippen molar-refractivity contribution >= 4 is 12.0 Å². The van der Waals surface area contributed by atoms with Crippen LogP contribution >= 0.6 is 0 Å². The van der Waals surface area contributed by atoms with E-state index in [0.29, 0.717) is 19.5 Å². The molecule has 0 saturated carbocycles. The van der Waals surface area contributed by atoms with Crippen LogP contribution in [0.4, 0.5) is 4.79 Å². The summed E-state index contributed by atoms with van der Waals surface area (Å²) in [5.41, 5.74) is -0.772. The Morgan fingerprint density at radius 2 is 1.94 bits per heavy atom. The van der Waals surface area contributed by atoms with Crippen molar-refractivity contribution in [1.82, 2.24) is 9.80 Å². The summed E-state index contributed by atoms with van der Waals surface area (Å²) in [6, 6.07) is -0.108. The maximum atomic E-state index is 11.7. The number of urea groups is 1. The summed E-state index contributed by atoms with van der Waals surface area (Å²) in [5.74, 6) is -0.762. The Labute approximate surface area is 96.0 Å². The van der Waals surface area contributed by atoms with E-state index in [-0.39, 0.29) is 11.9 Å². The lowest BCUT2D eigenvalue weighted by Gasteiger charge is -2.29. The van der Waals surface area contributed by atoms with Gasteiger partial charge in [0.1, 0.15) is 0 Å². The Kier molecular flexibility index (Phi) is 3.45. The number of amides is 2. The summed E-state index contributed by atoms with van der Waals surface area (Å²) >= 11 is 0. The normalized spacial score (nSPS) is 24.9. The lowest BCUT2D eigenvalue weighted by Crippen LogP contribution is -2.43. The fourth-order valence-electron chi connectivity index (χ4n) is 2.17. The molecule has 1 N–H and O–H groups in total. The average Bonchev–Trinajstić information content (AvgIpc) is 2.61. The fourth-order valence-corrected chi connectivity index (χ4v) is 2.17. The summed E-state index contributed by atoms with van der Waals surface area (Å²) in [5, 5.41) is 9.32. The first-order valence-electron chi connectivity index (χ1n) is 5.51. The van der Waals surface area contributed by atoms with Crippen LogP contribution in [0.15, 0.2) is 0 Å². The molecule has 1 aliphatic heterocycles. The predicted octanol–water partition coefficient (Wildman–Crippen LogP) is 1.10. The van der Waals surface area contributed by atoms with Gasteiger partial charge in [0.2, 0.25) is 0 Å². The number of hydrogen-bond acceptors (Lipinski definition) is 2. The van der Waals surface area contributed by atoms with Crippen LogP contribution in [0.25, 0.3) is 0 Å². The zero-order valence-electron chi connectivity index (χ0n) is 10.4. The van der Waals surface area contributed by atoms with Crippen molar-refractivity contribution in [1.29, 1.82) is 0 Å². The monoisotopic (exact) mass is 228 g/mol. The molecular formula is C11H20N2O3. The third-order valence-corrected chi connectivity index (χ3v) is 3.49. The number of likely N-dealkylation sites (tertiary alicyclic amines) is 1. The highest BCUT2D eigenvalue weighted by Crippen LogP contribution is 2.38. The summed E-state index contributed by atoms with van der Waals surface area (Å²) in [6.45, 7) is 4.65. The minimum atomic E-state index is -0.795. The van der Waals surface area contributed by atoms with Crippen LogP contribution in [0.3, 0.4) is 0 Å². The molecule has 1 rings (SSSR count). The smallest absolute Gasteiger partial charge is 0.319 e. The molecule has 16 heavy (non-hydrogen) atoms. The molecule has 5 heteroatoms. The van der Waals surface area contributed by atoms with Gasteiger partial charge in [-0.1, -0.05) is 13.8 Å². The topological polar surface area (TPSA) is 60.9 Å². The summed E-state index contributed by atoms with van der Waals surface area (Å²) < 4.78 is 0. The van der Waals surface area contributed by atoms with Crippen LogP contribution in [-0.2, 0) is 4.79 Å². The highest BCUT2D eigenvalue weighted by molar-refractivity contribution is 5.79. The first-order valence-corrected chi connectivity index (χ1v) is 5.51. The lowest BCUT2D eigenvalue weighted by molar-refractivity contribution is -0.150. The summed E-state index contributed by atoms with van der Waals surface area (Å²) in [4.78, 5) is 26.2. The first-order chi connectivity index (χ1) is 7.31. The molecule has 1 unspecified atom stereocenters. The summed E-state index contributed by atoms with van der Waals surface area (Å²) in [7, 11) is 3.36. The fraction of sp³-hybridized carbons (Fsp3) is 0.818. The second-order valence-corrected chi connectivity index (χ2v) is 4.96. The van der Waals surface area contributed by atoms with Gasteiger partial charge in [0.25, 0.3) is 0 Å². The molecule has 0 aromatic carbocycles. The van der Waals surface area contributed by atoms with Gasteiger partial charge in [-0.3, -0.25) is 4.79 Å². The first kappa shape index (κ1) is 12.8. The van der Waals surface area contributed by atoms with Gasteiger partial charge < -0.3 is 14.9 Å². The van der Waals surface area contributed by atoms with Crippen molar-refractivity contribution in [3.63, 3.8) is 0 Å². The molecule has 0 bridgehead atoms. The Morgan fingerprint density at radius 3 is 2.25 bits per heavy atom. The molecule has 5 nitrogen and oxygen atoms in total. The third kappa shape index (κ3) is 1.99. The quantitative estimate of drug-likeness (QED) is 0.770. The van der Waals surface area contributed by atoms with Gasteiger partial charge >= 0.3 is 12.0 Å². The maximum Gasteiger partial charge on any atom is 0.319 e. The molecule has 0 aliphatic carbocycles. The number of aliphatic carboxylic acids is 1. The van der Waals surface area contributed by atoms with E-state index in [9.17, 15) is 14.7 Å². The van der Waals surface area contributed by atoms with Crippen molar-refractivity contribution in [2.45, 2.75) is 20.3 Å². The van der Waals surface area contributed by atoms with E-state index in [1.54, 1.807) is 19.0 Å². The second-order valence-electron chi connectivity index (χ2n) is 4.96. The largest absolute Gasteiger partial charge is 0.481 e. The van der Waals surface area contributed by atoms with Gasteiger partial charge in [-0.25, -0.2) is 4.79 Å². The molecule has 92 valence electrons. The molecule has 0 aromatic heterocycles. The number of carboxylic acids is 1. The van der Waals surface area contributed by atoms with Crippen LogP contribution in [0.5, 0.6) is 0 Å². The van der Waals surface area contributed by atoms with Crippen LogP contribution in [0.2, 0.25) is 0 Å². The van der Waals surface area contributed by atoms with Gasteiger partial charge in [-0.05, 0) is 12.3 Å². The number of carbonyl (C=O) groups is 2. The van der Waals surface area contributed by atoms with Crippen LogP contribution in [0, 0.1) is 11.3 Å². The number of rotatable bonds is 2. The van der Waals surface area contributed by atoms with Crippen molar-refractivity contribution in [2.24, 2.45) is 11.3 Å². The zero-order chi connectivity index (χ0) is 12.5. The van der Waals surface area contributed by atoms with Gasteiger partial charge in [-0.15, -0.1) is 0 Å². The molecule has 1 saturated heterocycles. The molecule has 0 aromatic rings. The molecule has 2 amide bonds. The maximum absolute atomic E-state index is 11.7. The van der Waals surface area contributed by atoms with E-state index < -0.39 is 11.4 Å². The standard InChI is InChI=1S/C11H20N2O3/c1-8(2)11(9(14)15)5-6-13(7-11)10(16)12(3)4/h8H,5-7H2,1-4H3,(H,14,15). The molecule has 0 spiro atoms. The third-order valence-electron chi connectivity index (χ3n) is 3.49. The predicted molar refractivity (Wildman–Crippen MR) is 60.2 cm³/mol. The van der Waals surface area contributed by atoms with E-state index in [4.69, 9.17) is 0 Å². The average molecular weight is 228 g/mol. The highest BCUT2D eigenvalue weighted by Gasteiger charge is 2.48. The van der Waals surface area contributed by atoms with Crippen LogP contribution < -0.4 is 0 Å². The summed E-state index contributed by atoms with van der Waals surface area (Å²) in [6.07, 6.45) is 0.541. The van der Waals surface area contributed by atoms with E-state index in [2.05, 4.69) is 0 Å². The van der Waals surface area contributed by atoms with E-state index in [0.717, 1.165) is 0 Å². The Morgan fingerprint density at radius 1 is 1.38 bits per heavy atom. The minimum absolute atomic E-state index is 0.0324. The van der Waals surface area contributed by atoms with Crippen LogP contribution in [0.1, 0.15) is 20.3 Å². The van der Waals surface area contributed by atoms with E-state index in [1.165, 1.54) is 4.90 Å². The number of hydrogen-bond donors (Lipinski definition) is 1. The van der Waals surface area contributed by atoms with E-state index in [1.807, 2.05) is 13.8 Å². The van der Waals surface area contributed by atoms with Crippen molar-refractivity contribution in [3.8, 4) is 0 Å². The second kappa shape index (κ2) is 4.31. The molecule has 0 radical (unpaired) electrons. The Bertz CT molecular complexity index is 302.